The number of nitrogens with two attached hydrogens (primary N) is 1. The van der Waals surface area contributed by atoms with E-state index in [0.29, 0.717) is 33.5 Å². The van der Waals surface area contributed by atoms with Gasteiger partial charge in [-0.05, 0) is 48.0 Å². The molecule has 3 aromatic carbocycles. The van der Waals surface area contributed by atoms with E-state index >= 15 is 0 Å². The number of nitrogens with one attached hydrogen (secondary N) is 1. The SMILES string of the molecule is CONC(=O)c1c(-c2ccc(F)cc2)oc2cc(N(C)S(C)(=O)=O)c(-c3cccc(N)c3)cc12. The highest BCUT2D eigenvalue weighted by atomic mass is 32.2. The van der Waals surface area contributed by atoms with Crippen LogP contribution in [-0.4, -0.2) is 34.7 Å². The summed E-state index contributed by atoms with van der Waals surface area (Å²) in [5.41, 5.74) is 11.1. The van der Waals surface area contributed by atoms with Crippen LogP contribution in [0.3, 0.4) is 0 Å². The normalized spacial score (nSPS) is 11.5. The fourth-order valence-electron chi connectivity index (χ4n) is 3.68. The van der Waals surface area contributed by atoms with Crippen LogP contribution in [0.15, 0.2) is 65.1 Å². The number of hydrogen-bond acceptors (Lipinski definition) is 6. The number of fused-ring (bicyclic) bond motifs is 1. The Labute approximate surface area is 195 Å². The van der Waals surface area contributed by atoms with Gasteiger partial charge in [0.15, 0.2) is 0 Å². The molecule has 4 rings (SSSR count). The van der Waals surface area contributed by atoms with Crippen LogP contribution < -0.4 is 15.5 Å². The Hall–Kier alpha value is -3.89. The molecule has 1 amide bonds. The fraction of sp³-hybridized carbons (Fsp3) is 0.125. The van der Waals surface area contributed by atoms with Crippen molar-refractivity contribution < 1.29 is 26.9 Å². The van der Waals surface area contributed by atoms with Crippen LogP contribution in [0.4, 0.5) is 15.8 Å². The van der Waals surface area contributed by atoms with Gasteiger partial charge in [0, 0.05) is 35.3 Å². The van der Waals surface area contributed by atoms with Gasteiger partial charge in [0.25, 0.3) is 5.91 Å². The zero-order valence-electron chi connectivity index (χ0n) is 18.6. The van der Waals surface area contributed by atoms with Gasteiger partial charge in [-0.25, -0.2) is 18.3 Å². The van der Waals surface area contributed by atoms with E-state index in [2.05, 4.69) is 5.48 Å². The molecule has 0 aliphatic rings. The fourth-order valence-corrected chi connectivity index (χ4v) is 4.19. The number of anilines is 2. The molecule has 1 aromatic heterocycles. The van der Waals surface area contributed by atoms with Gasteiger partial charge in [-0.2, -0.15) is 0 Å². The van der Waals surface area contributed by atoms with Crippen molar-refractivity contribution in [1.29, 1.82) is 0 Å². The van der Waals surface area contributed by atoms with Crippen molar-refractivity contribution in [3.8, 4) is 22.5 Å². The molecule has 0 saturated heterocycles. The summed E-state index contributed by atoms with van der Waals surface area (Å²) >= 11 is 0. The van der Waals surface area contributed by atoms with Crippen molar-refractivity contribution in [2.45, 2.75) is 0 Å². The van der Waals surface area contributed by atoms with Crippen molar-refractivity contribution >= 4 is 38.3 Å². The van der Waals surface area contributed by atoms with E-state index in [1.807, 2.05) is 0 Å². The largest absolute Gasteiger partial charge is 0.455 e. The summed E-state index contributed by atoms with van der Waals surface area (Å²) in [6.45, 7) is 0. The summed E-state index contributed by atoms with van der Waals surface area (Å²) in [6.07, 6.45) is 1.09. The molecule has 0 bridgehead atoms. The lowest BCUT2D eigenvalue weighted by atomic mass is 9.98. The molecule has 0 spiro atoms. The highest BCUT2D eigenvalue weighted by Gasteiger charge is 2.26. The van der Waals surface area contributed by atoms with Gasteiger partial charge in [-0.3, -0.25) is 13.9 Å². The Morgan fingerprint density at radius 1 is 1.09 bits per heavy atom. The van der Waals surface area contributed by atoms with Crippen molar-refractivity contribution in [1.82, 2.24) is 5.48 Å². The zero-order chi connectivity index (χ0) is 24.6. The molecule has 4 aromatic rings. The van der Waals surface area contributed by atoms with Gasteiger partial charge in [-0.15, -0.1) is 0 Å². The number of nitrogens with zero attached hydrogens (tertiary/aromatic N) is 1. The molecule has 0 radical (unpaired) electrons. The second kappa shape index (κ2) is 8.81. The zero-order valence-corrected chi connectivity index (χ0v) is 19.4. The van der Waals surface area contributed by atoms with E-state index in [4.69, 9.17) is 15.0 Å². The molecule has 1 heterocycles. The maximum atomic E-state index is 13.5. The number of amides is 1. The summed E-state index contributed by atoms with van der Waals surface area (Å²) in [7, 11) is -0.905. The van der Waals surface area contributed by atoms with Gasteiger partial charge in [0.05, 0.1) is 24.6 Å². The minimum absolute atomic E-state index is 0.155. The monoisotopic (exact) mass is 483 g/mol. The number of carbonyl (C=O) groups excluding carboxylic acids is 1. The van der Waals surface area contributed by atoms with Crippen LogP contribution >= 0.6 is 0 Å². The minimum Gasteiger partial charge on any atom is -0.455 e. The number of benzene rings is 3. The predicted molar refractivity (Wildman–Crippen MR) is 129 cm³/mol. The van der Waals surface area contributed by atoms with Gasteiger partial charge in [0.1, 0.15) is 17.2 Å². The number of sulfonamides is 1. The average Bonchev–Trinajstić information content (AvgIpc) is 3.16. The molecule has 0 saturated carbocycles. The molecule has 8 nitrogen and oxygen atoms in total. The predicted octanol–water partition coefficient (Wildman–Crippen LogP) is 4.18. The second-order valence-electron chi connectivity index (χ2n) is 7.67. The van der Waals surface area contributed by atoms with Crippen molar-refractivity contribution in [2.75, 3.05) is 30.5 Å². The third-order valence-corrected chi connectivity index (χ3v) is 6.56. The van der Waals surface area contributed by atoms with Crippen LogP contribution in [0.2, 0.25) is 0 Å². The van der Waals surface area contributed by atoms with E-state index in [9.17, 15) is 17.6 Å². The summed E-state index contributed by atoms with van der Waals surface area (Å²) < 4.78 is 45.4. The first-order valence-electron chi connectivity index (χ1n) is 10.1. The van der Waals surface area contributed by atoms with Crippen LogP contribution in [0, 0.1) is 5.82 Å². The van der Waals surface area contributed by atoms with E-state index in [-0.39, 0.29) is 16.9 Å². The molecular weight excluding hydrogens is 461 g/mol. The lowest BCUT2D eigenvalue weighted by molar-refractivity contribution is 0.0539. The quantitative estimate of drug-likeness (QED) is 0.314. The van der Waals surface area contributed by atoms with Crippen LogP contribution in [-0.2, 0) is 14.9 Å². The molecule has 34 heavy (non-hydrogen) atoms. The molecule has 0 aliphatic carbocycles. The smallest absolute Gasteiger partial charge is 0.279 e. The Morgan fingerprint density at radius 2 is 1.79 bits per heavy atom. The van der Waals surface area contributed by atoms with Crippen LogP contribution in [0.5, 0.6) is 0 Å². The Bertz CT molecular complexity index is 1500. The Balaban J connectivity index is 2.08. The van der Waals surface area contributed by atoms with Gasteiger partial charge >= 0.3 is 0 Å². The van der Waals surface area contributed by atoms with E-state index in [1.54, 1.807) is 36.4 Å². The third-order valence-electron chi connectivity index (χ3n) is 5.37. The van der Waals surface area contributed by atoms with Crippen molar-refractivity contribution in [3.05, 3.63) is 72.0 Å². The third kappa shape index (κ3) is 4.33. The standard InChI is InChI=1S/C24H22FN3O5S/c1-28(34(3,30)31)20-13-21-19(12-18(20)15-5-4-6-17(26)11-15)22(24(29)27-32-2)23(33-21)14-7-9-16(25)10-8-14/h4-13H,26H2,1-3H3,(H,27,29). The number of rotatable bonds is 6. The van der Waals surface area contributed by atoms with Gasteiger partial charge in [0.2, 0.25) is 10.0 Å². The number of nitrogen functional groups attached to an aromatic ring is 1. The minimum atomic E-state index is -3.63. The molecule has 0 aliphatic heterocycles. The number of hydrogen-bond donors (Lipinski definition) is 2. The molecule has 0 fully saturated rings. The topological polar surface area (TPSA) is 115 Å². The molecular formula is C24H22FN3O5S. The van der Waals surface area contributed by atoms with Gasteiger partial charge in [-0.1, -0.05) is 12.1 Å². The summed E-state index contributed by atoms with van der Waals surface area (Å²) in [5, 5.41) is 0.414. The highest BCUT2D eigenvalue weighted by molar-refractivity contribution is 7.92. The van der Waals surface area contributed by atoms with Crippen molar-refractivity contribution in [3.63, 3.8) is 0 Å². The van der Waals surface area contributed by atoms with E-state index < -0.39 is 21.7 Å². The number of carbonyl (C=O) groups is 1. The average molecular weight is 484 g/mol. The lowest BCUT2D eigenvalue weighted by Crippen LogP contribution is -2.25. The Morgan fingerprint density at radius 3 is 2.41 bits per heavy atom. The molecule has 176 valence electrons. The van der Waals surface area contributed by atoms with Crippen LogP contribution in [0.1, 0.15) is 10.4 Å². The first kappa shape index (κ1) is 23.3. The van der Waals surface area contributed by atoms with E-state index in [0.717, 1.165) is 10.6 Å². The summed E-state index contributed by atoms with van der Waals surface area (Å²) in [4.78, 5) is 17.8. The first-order chi connectivity index (χ1) is 16.1. The number of hydroxylamine groups is 1. The number of halogens is 1. The molecule has 3 N–H and O–H groups in total. The first-order valence-corrected chi connectivity index (χ1v) is 11.9. The van der Waals surface area contributed by atoms with E-state index in [1.165, 1.54) is 38.4 Å². The highest BCUT2D eigenvalue weighted by Crippen LogP contribution is 2.41. The van der Waals surface area contributed by atoms with Crippen LogP contribution in [0.25, 0.3) is 33.4 Å². The molecule has 10 heteroatoms. The molecule has 0 atom stereocenters. The van der Waals surface area contributed by atoms with Gasteiger partial charge < -0.3 is 10.2 Å². The maximum Gasteiger partial charge on any atom is 0.279 e. The molecule has 0 unspecified atom stereocenters. The maximum absolute atomic E-state index is 13.5. The second-order valence-corrected chi connectivity index (χ2v) is 9.68. The number of furan rings is 1. The lowest BCUT2D eigenvalue weighted by Gasteiger charge is -2.21. The summed E-state index contributed by atoms with van der Waals surface area (Å²) in [6, 6.07) is 15.6. The Kier molecular flexibility index (Phi) is 6.03. The van der Waals surface area contributed by atoms with Crippen molar-refractivity contribution in [2.24, 2.45) is 0 Å². The summed E-state index contributed by atoms with van der Waals surface area (Å²) in [5.74, 6) is -0.839.